The topological polar surface area (TPSA) is 70.1 Å². The van der Waals surface area contributed by atoms with Crippen molar-refractivity contribution in [3.63, 3.8) is 0 Å². The highest BCUT2D eigenvalue weighted by Crippen LogP contribution is 2.44. The molecule has 0 aromatic carbocycles. The van der Waals surface area contributed by atoms with Gasteiger partial charge in [0.2, 0.25) is 0 Å². The summed E-state index contributed by atoms with van der Waals surface area (Å²) in [7, 11) is 1.84. The van der Waals surface area contributed by atoms with Gasteiger partial charge in [0.25, 0.3) is 0 Å². The number of hydrogen-bond acceptors (Lipinski definition) is 5. The van der Waals surface area contributed by atoms with Crippen LogP contribution in [0.2, 0.25) is 0 Å². The minimum Gasteiger partial charge on any atom is -0.396 e. The first kappa shape index (κ1) is 11.1. The third-order valence-electron chi connectivity index (χ3n) is 3.24. The summed E-state index contributed by atoms with van der Waals surface area (Å²) in [5.74, 6) is 1.69. The van der Waals surface area contributed by atoms with Crippen molar-refractivity contribution >= 4 is 11.6 Å². The highest BCUT2D eigenvalue weighted by Gasteiger charge is 2.41. The predicted molar refractivity (Wildman–Crippen MR) is 63.6 cm³/mol. The van der Waals surface area contributed by atoms with Crippen LogP contribution in [-0.4, -0.2) is 35.3 Å². The number of anilines is 2. The van der Waals surface area contributed by atoms with Gasteiger partial charge in [-0.2, -0.15) is 0 Å². The van der Waals surface area contributed by atoms with Crippen molar-refractivity contribution in [2.24, 2.45) is 5.41 Å². The van der Waals surface area contributed by atoms with Crippen molar-refractivity contribution in [1.82, 2.24) is 9.97 Å². The van der Waals surface area contributed by atoms with E-state index in [1.165, 1.54) is 0 Å². The summed E-state index contributed by atoms with van der Waals surface area (Å²) in [6.07, 6.45) is 3.73. The molecule has 1 aromatic heterocycles. The molecule has 0 aliphatic heterocycles. The predicted octanol–water partition coefficient (Wildman–Crippen LogP) is 1.01. The third kappa shape index (κ3) is 2.09. The Morgan fingerprint density at radius 1 is 1.38 bits per heavy atom. The van der Waals surface area contributed by atoms with Crippen LogP contribution < -0.4 is 10.6 Å². The van der Waals surface area contributed by atoms with Crippen LogP contribution in [0.15, 0.2) is 6.33 Å². The molecule has 1 heterocycles. The van der Waals surface area contributed by atoms with Crippen LogP contribution in [0, 0.1) is 12.3 Å². The van der Waals surface area contributed by atoms with Crippen molar-refractivity contribution in [2.45, 2.75) is 19.8 Å². The Labute approximate surface area is 95.3 Å². The highest BCUT2D eigenvalue weighted by molar-refractivity contribution is 5.56. The van der Waals surface area contributed by atoms with E-state index >= 15 is 0 Å². The molecule has 5 nitrogen and oxygen atoms in total. The average Bonchev–Trinajstić information content (AvgIpc) is 3.08. The van der Waals surface area contributed by atoms with Crippen LogP contribution in [0.25, 0.3) is 0 Å². The summed E-state index contributed by atoms with van der Waals surface area (Å²) in [6.45, 7) is 3.01. The monoisotopic (exact) mass is 222 g/mol. The number of aromatic nitrogens is 2. The molecule has 0 amide bonds. The van der Waals surface area contributed by atoms with Gasteiger partial charge in [0, 0.05) is 24.6 Å². The zero-order chi connectivity index (χ0) is 11.6. The molecule has 0 saturated heterocycles. The molecular weight excluding hydrogens is 204 g/mol. The van der Waals surface area contributed by atoms with E-state index in [9.17, 15) is 5.11 Å². The minimum atomic E-state index is 0.0944. The second-order valence-electron chi connectivity index (χ2n) is 4.46. The molecule has 1 aromatic rings. The van der Waals surface area contributed by atoms with Crippen LogP contribution in [0.3, 0.4) is 0 Å². The van der Waals surface area contributed by atoms with Gasteiger partial charge in [-0.1, -0.05) is 0 Å². The smallest absolute Gasteiger partial charge is 0.134 e. The third-order valence-corrected chi connectivity index (χ3v) is 3.24. The maximum absolute atomic E-state index is 9.22. The fraction of sp³-hybridized carbons (Fsp3) is 0.636. The molecule has 5 heteroatoms. The van der Waals surface area contributed by atoms with Crippen molar-refractivity contribution in [3.8, 4) is 0 Å². The van der Waals surface area contributed by atoms with E-state index in [2.05, 4.69) is 20.6 Å². The average molecular weight is 222 g/mol. The molecule has 16 heavy (non-hydrogen) atoms. The molecule has 1 fully saturated rings. The number of aliphatic hydroxyl groups excluding tert-OH is 1. The van der Waals surface area contributed by atoms with Crippen LogP contribution in [0.5, 0.6) is 0 Å². The van der Waals surface area contributed by atoms with E-state index in [0.29, 0.717) is 0 Å². The van der Waals surface area contributed by atoms with Crippen molar-refractivity contribution in [1.29, 1.82) is 0 Å². The number of hydrogen-bond donors (Lipinski definition) is 3. The van der Waals surface area contributed by atoms with E-state index in [-0.39, 0.29) is 12.0 Å². The summed E-state index contributed by atoms with van der Waals surface area (Å²) in [4.78, 5) is 8.33. The van der Waals surface area contributed by atoms with Crippen molar-refractivity contribution in [2.75, 3.05) is 30.8 Å². The van der Waals surface area contributed by atoms with Gasteiger partial charge in [-0.3, -0.25) is 0 Å². The molecule has 0 bridgehead atoms. The molecule has 0 spiro atoms. The molecular formula is C11H18N4O. The summed E-state index contributed by atoms with van der Waals surface area (Å²) in [5.41, 5.74) is 1.11. The summed E-state index contributed by atoms with van der Waals surface area (Å²) in [5, 5.41) is 15.5. The Morgan fingerprint density at radius 2 is 2.06 bits per heavy atom. The second kappa shape index (κ2) is 4.25. The lowest BCUT2D eigenvalue weighted by molar-refractivity contribution is 0.219. The number of rotatable bonds is 5. The van der Waals surface area contributed by atoms with Crippen molar-refractivity contribution in [3.05, 3.63) is 11.9 Å². The molecule has 3 N–H and O–H groups in total. The number of nitrogens with one attached hydrogen (secondary N) is 2. The van der Waals surface area contributed by atoms with Gasteiger partial charge in [0.05, 0.1) is 6.61 Å². The van der Waals surface area contributed by atoms with E-state index in [1.807, 2.05) is 14.0 Å². The number of aliphatic hydroxyl groups is 1. The molecule has 1 saturated carbocycles. The van der Waals surface area contributed by atoms with Gasteiger partial charge in [0.15, 0.2) is 0 Å². The zero-order valence-corrected chi connectivity index (χ0v) is 9.75. The Bertz CT molecular complexity index is 376. The maximum atomic E-state index is 9.22. The standard InChI is InChI=1S/C11H18N4O/c1-8-9(12-2)14-7-15-10(8)13-5-11(6-16)3-4-11/h7,16H,3-6H2,1-2H3,(H2,12,13,14,15). The lowest BCUT2D eigenvalue weighted by atomic mass is 10.1. The molecule has 2 rings (SSSR count). The normalized spacial score (nSPS) is 16.9. The Morgan fingerprint density at radius 3 is 2.62 bits per heavy atom. The molecule has 88 valence electrons. The van der Waals surface area contributed by atoms with Crippen LogP contribution in [0.1, 0.15) is 18.4 Å². The first-order valence-corrected chi connectivity index (χ1v) is 5.55. The molecule has 0 unspecified atom stereocenters. The first-order valence-electron chi connectivity index (χ1n) is 5.55. The number of nitrogens with zero attached hydrogens (tertiary/aromatic N) is 2. The fourth-order valence-electron chi connectivity index (χ4n) is 1.72. The largest absolute Gasteiger partial charge is 0.396 e. The van der Waals surface area contributed by atoms with Crippen LogP contribution >= 0.6 is 0 Å². The van der Waals surface area contributed by atoms with E-state index < -0.39 is 0 Å². The lowest BCUT2D eigenvalue weighted by Gasteiger charge is -2.15. The second-order valence-corrected chi connectivity index (χ2v) is 4.46. The zero-order valence-electron chi connectivity index (χ0n) is 9.75. The van der Waals surface area contributed by atoms with Crippen molar-refractivity contribution < 1.29 is 5.11 Å². The van der Waals surface area contributed by atoms with Gasteiger partial charge in [-0.05, 0) is 19.8 Å². The van der Waals surface area contributed by atoms with Crippen LogP contribution in [-0.2, 0) is 0 Å². The van der Waals surface area contributed by atoms with Gasteiger partial charge in [-0.15, -0.1) is 0 Å². The molecule has 0 radical (unpaired) electrons. The maximum Gasteiger partial charge on any atom is 0.134 e. The SMILES string of the molecule is CNc1ncnc(NCC2(CO)CC2)c1C. The summed E-state index contributed by atoms with van der Waals surface area (Å²) >= 11 is 0. The molecule has 1 aliphatic rings. The van der Waals surface area contributed by atoms with Gasteiger partial charge >= 0.3 is 0 Å². The Balaban J connectivity index is 2.04. The summed E-state index contributed by atoms with van der Waals surface area (Å²) in [6, 6.07) is 0. The van der Waals surface area contributed by atoms with E-state index in [1.54, 1.807) is 6.33 Å². The van der Waals surface area contributed by atoms with E-state index in [0.717, 1.165) is 36.6 Å². The molecule has 1 aliphatic carbocycles. The van der Waals surface area contributed by atoms with E-state index in [4.69, 9.17) is 0 Å². The minimum absolute atomic E-state index is 0.0944. The fourth-order valence-corrected chi connectivity index (χ4v) is 1.72. The van der Waals surface area contributed by atoms with Gasteiger partial charge in [0.1, 0.15) is 18.0 Å². The van der Waals surface area contributed by atoms with Gasteiger partial charge in [-0.25, -0.2) is 9.97 Å². The Hall–Kier alpha value is -1.36. The quantitative estimate of drug-likeness (QED) is 0.693. The first-order chi connectivity index (χ1) is 7.71. The Kier molecular flexibility index (Phi) is 2.96. The summed E-state index contributed by atoms with van der Waals surface area (Å²) < 4.78 is 0. The molecule has 0 atom stereocenters. The van der Waals surface area contributed by atoms with Gasteiger partial charge < -0.3 is 15.7 Å². The highest BCUT2D eigenvalue weighted by atomic mass is 16.3. The lowest BCUT2D eigenvalue weighted by Crippen LogP contribution is -2.20. The van der Waals surface area contributed by atoms with Crippen LogP contribution in [0.4, 0.5) is 11.6 Å².